The van der Waals surface area contributed by atoms with Gasteiger partial charge in [-0.15, -0.1) is 0 Å². The molecule has 1 aliphatic rings. The van der Waals surface area contributed by atoms with E-state index in [1.165, 1.54) is 0 Å². The zero-order valence-corrected chi connectivity index (χ0v) is 11.2. The van der Waals surface area contributed by atoms with E-state index in [0.29, 0.717) is 25.4 Å². The number of nitriles is 1. The average molecular weight is 253 g/mol. The van der Waals surface area contributed by atoms with Crippen LogP contribution in [-0.4, -0.2) is 48.2 Å². The monoisotopic (exact) mass is 253 g/mol. The maximum absolute atomic E-state index is 11.1. The van der Waals surface area contributed by atoms with E-state index in [4.69, 9.17) is 10.4 Å². The van der Waals surface area contributed by atoms with Crippen molar-refractivity contribution in [3.8, 4) is 6.07 Å². The standard InChI is InChI=1S/C13H23N3O2/c1-10(2)3-5-15-12-7-11(13(17)18)8-16(9-12)6-4-14/h10-12,15H,3,5-9H2,1-2H3,(H,17,18). The van der Waals surface area contributed by atoms with Crippen LogP contribution in [0.3, 0.4) is 0 Å². The molecule has 5 nitrogen and oxygen atoms in total. The number of piperidine rings is 1. The molecule has 0 radical (unpaired) electrons. The molecular weight excluding hydrogens is 230 g/mol. The molecule has 1 saturated heterocycles. The van der Waals surface area contributed by atoms with Crippen molar-refractivity contribution in [3.05, 3.63) is 0 Å². The van der Waals surface area contributed by atoms with Crippen LogP contribution in [0, 0.1) is 23.2 Å². The van der Waals surface area contributed by atoms with Gasteiger partial charge in [0, 0.05) is 19.1 Å². The molecule has 102 valence electrons. The van der Waals surface area contributed by atoms with Gasteiger partial charge in [-0.25, -0.2) is 0 Å². The third-order valence-corrected chi connectivity index (χ3v) is 3.32. The lowest BCUT2D eigenvalue weighted by Gasteiger charge is -2.35. The maximum atomic E-state index is 11.1. The summed E-state index contributed by atoms with van der Waals surface area (Å²) in [7, 11) is 0. The second-order valence-electron chi connectivity index (χ2n) is 5.46. The zero-order valence-electron chi connectivity index (χ0n) is 11.2. The number of carboxylic acids is 1. The molecule has 0 aromatic rings. The van der Waals surface area contributed by atoms with Gasteiger partial charge in [0.1, 0.15) is 0 Å². The summed E-state index contributed by atoms with van der Waals surface area (Å²) in [6, 6.07) is 2.28. The van der Waals surface area contributed by atoms with Crippen molar-refractivity contribution in [3.63, 3.8) is 0 Å². The van der Waals surface area contributed by atoms with Gasteiger partial charge in [-0.3, -0.25) is 9.69 Å². The van der Waals surface area contributed by atoms with E-state index < -0.39 is 5.97 Å². The van der Waals surface area contributed by atoms with E-state index >= 15 is 0 Å². The van der Waals surface area contributed by atoms with Gasteiger partial charge in [0.2, 0.25) is 0 Å². The Balaban J connectivity index is 2.45. The molecule has 1 aliphatic heterocycles. The summed E-state index contributed by atoms with van der Waals surface area (Å²) in [6.07, 6.45) is 1.75. The van der Waals surface area contributed by atoms with Gasteiger partial charge >= 0.3 is 5.97 Å². The fraction of sp³-hybridized carbons (Fsp3) is 0.846. The van der Waals surface area contributed by atoms with Crippen molar-refractivity contribution in [2.45, 2.75) is 32.7 Å². The molecule has 1 heterocycles. The van der Waals surface area contributed by atoms with Crippen LogP contribution in [0.25, 0.3) is 0 Å². The Labute approximate surface area is 109 Å². The molecule has 18 heavy (non-hydrogen) atoms. The van der Waals surface area contributed by atoms with Crippen LogP contribution in [0.4, 0.5) is 0 Å². The highest BCUT2D eigenvalue weighted by Gasteiger charge is 2.30. The van der Waals surface area contributed by atoms with Gasteiger partial charge in [0.25, 0.3) is 0 Å². The van der Waals surface area contributed by atoms with Crippen molar-refractivity contribution in [1.29, 1.82) is 5.26 Å². The number of rotatable bonds is 6. The van der Waals surface area contributed by atoms with Crippen LogP contribution < -0.4 is 5.32 Å². The predicted molar refractivity (Wildman–Crippen MR) is 69.0 cm³/mol. The van der Waals surface area contributed by atoms with E-state index in [-0.39, 0.29) is 12.0 Å². The minimum Gasteiger partial charge on any atom is -0.481 e. The summed E-state index contributed by atoms with van der Waals surface area (Å²) in [6.45, 7) is 6.83. The van der Waals surface area contributed by atoms with Crippen LogP contribution >= 0.6 is 0 Å². The van der Waals surface area contributed by atoms with Crippen molar-refractivity contribution < 1.29 is 9.90 Å². The molecule has 0 saturated carbocycles. The van der Waals surface area contributed by atoms with Gasteiger partial charge in [0.15, 0.2) is 0 Å². The first-order valence-corrected chi connectivity index (χ1v) is 6.58. The van der Waals surface area contributed by atoms with Crippen molar-refractivity contribution >= 4 is 5.97 Å². The largest absolute Gasteiger partial charge is 0.481 e. The lowest BCUT2D eigenvalue weighted by atomic mass is 9.94. The number of likely N-dealkylation sites (tertiary alicyclic amines) is 1. The molecule has 1 rings (SSSR count). The summed E-state index contributed by atoms with van der Waals surface area (Å²) in [5.74, 6) is -0.469. The summed E-state index contributed by atoms with van der Waals surface area (Å²) >= 11 is 0. The number of carboxylic acid groups (broad SMARTS) is 1. The first-order valence-electron chi connectivity index (χ1n) is 6.58. The Morgan fingerprint density at radius 2 is 2.28 bits per heavy atom. The third-order valence-electron chi connectivity index (χ3n) is 3.32. The van der Waals surface area contributed by atoms with Gasteiger partial charge in [-0.2, -0.15) is 5.26 Å². The molecule has 0 aromatic heterocycles. The van der Waals surface area contributed by atoms with E-state index in [9.17, 15) is 4.79 Å². The minimum absolute atomic E-state index is 0.187. The Kier molecular flexibility index (Phi) is 6.10. The third kappa shape index (κ3) is 5.03. The Morgan fingerprint density at radius 3 is 2.83 bits per heavy atom. The van der Waals surface area contributed by atoms with Gasteiger partial charge in [0.05, 0.1) is 18.5 Å². The number of aliphatic carboxylic acids is 1. The normalized spacial score (nSPS) is 25.0. The van der Waals surface area contributed by atoms with Crippen molar-refractivity contribution in [1.82, 2.24) is 10.2 Å². The van der Waals surface area contributed by atoms with E-state index in [1.807, 2.05) is 4.90 Å². The van der Waals surface area contributed by atoms with Gasteiger partial charge in [-0.05, 0) is 25.3 Å². The molecule has 0 aromatic carbocycles. The van der Waals surface area contributed by atoms with Crippen LogP contribution in [-0.2, 0) is 4.79 Å². The number of nitrogens with zero attached hydrogens (tertiary/aromatic N) is 2. The van der Waals surface area contributed by atoms with Crippen LogP contribution in [0.5, 0.6) is 0 Å². The lowest BCUT2D eigenvalue weighted by molar-refractivity contribution is -0.143. The molecule has 1 fully saturated rings. The molecule has 0 bridgehead atoms. The van der Waals surface area contributed by atoms with Crippen molar-refractivity contribution in [2.24, 2.45) is 11.8 Å². The second kappa shape index (κ2) is 7.34. The topological polar surface area (TPSA) is 76.4 Å². The molecule has 2 atom stereocenters. The first kappa shape index (κ1) is 14.9. The summed E-state index contributed by atoms with van der Waals surface area (Å²) in [5.41, 5.74) is 0. The number of nitrogens with one attached hydrogen (secondary N) is 1. The number of hydrogen-bond acceptors (Lipinski definition) is 4. The second-order valence-corrected chi connectivity index (χ2v) is 5.46. The smallest absolute Gasteiger partial charge is 0.307 e. The molecule has 5 heteroatoms. The highest BCUT2D eigenvalue weighted by Crippen LogP contribution is 2.17. The summed E-state index contributed by atoms with van der Waals surface area (Å²) in [4.78, 5) is 13.0. The van der Waals surface area contributed by atoms with E-state index in [0.717, 1.165) is 19.5 Å². The number of carbonyl (C=O) groups is 1. The zero-order chi connectivity index (χ0) is 13.5. The van der Waals surface area contributed by atoms with Gasteiger partial charge in [-0.1, -0.05) is 13.8 Å². The van der Waals surface area contributed by atoms with Crippen LogP contribution in [0.15, 0.2) is 0 Å². The fourth-order valence-corrected chi connectivity index (χ4v) is 2.32. The fourth-order valence-electron chi connectivity index (χ4n) is 2.32. The number of hydrogen-bond donors (Lipinski definition) is 2. The molecule has 0 amide bonds. The molecule has 2 unspecified atom stereocenters. The Morgan fingerprint density at radius 1 is 1.56 bits per heavy atom. The van der Waals surface area contributed by atoms with Crippen LogP contribution in [0.1, 0.15) is 26.7 Å². The van der Waals surface area contributed by atoms with E-state index in [2.05, 4.69) is 25.2 Å². The quantitative estimate of drug-likeness (QED) is 0.688. The Bertz CT molecular complexity index is 312. The minimum atomic E-state index is -0.756. The average Bonchev–Trinajstić information content (AvgIpc) is 2.28. The maximum Gasteiger partial charge on any atom is 0.307 e. The molecule has 0 spiro atoms. The Hall–Kier alpha value is -1.12. The lowest BCUT2D eigenvalue weighted by Crippen LogP contribution is -2.51. The predicted octanol–water partition coefficient (Wildman–Crippen LogP) is 0.921. The first-order chi connectivity index (χ1) is 8.52. The van der Waals surface area contributed by atoms with Crippen LogP contribution in [0.2, 0.25) is 0 Å². The van der Waals surface area contributed by atoms with Crippen molar-refractivity contribution in [2.75, 3.05) is 26.2 Å². The molecule has 0 aliphatic carbocycles. The summed E-state index contributed by atoms with van der Waals surface area (Å²) in [5, 5.41) is 21.2. The highest BCUT2D eigenvalue weighted by molar-refractivity contribution is 5.70. The SMILES string of the molecule is CC(C)CCNC1CC(C(=O)O)CN(CC#N)C1. The molecule has 2 N–H and O–H groups in total. The highest BCUT2D eigenvalue weighted by atomic mass is 16.4. The van der Waals surface area contributed by atoms with Gasteiger partial charge < -0.3 is 10.4 Å². The summed E-state index contributed by atoms with van der Waals surface area (Å²) < 4.78 is 0. The molecular formula is C13H23N3O2. The van der Waals surface area contributed by atoms with E-state index in [1.54, 1.807) is 0 Å².